The molecular weight excluding hydrogens is 497 g/mol. The van der Waals surface area contributed by atoms with Gasteiger partial charge in [0.1, 0.15) is 11.2 Å². The third-order valence-corrected chi connectivity index (χ3v) is 7.29. The van der Waals surface area contributed by atoms with Gasteiger partial charge in [-0.1, -0.05) is 47.5 Å². The topological polar surface area (TPSA) is 82.5 Å². The number of carbonyl (C=O) groups is 2. The molecule has 0 atom stereocenters. The van der Waals surface area contributed by atoms with Gasteiger partial charge in [-0.05, 0) is 48.6 Å². The fourth-order valence-corrected chi connectivity index (χ4v) is 5.51. The van der Waals surface area contributed by atoms with E-state index in [1.165, 1.54) is 14.2 Å². The minimum absolute atomic E-state index is 0.0360. The molecular formula is C24H23Cl2N3O4S. The number of halogens is 2. The molecule has 34 heavy (non-hydrogen) atoms. The highest BCUT2D eigenvalue weighted by atomic mass is 35.5. The second-order valence-electron chi connectivity index (χ2n) is 7.74. The predicted molar refractivity (Wildman–Crippen MR) is 134 cm³/mol. The van der Waals surface area contributed by atoms with Crippen molar-refractivity contribution in [2.24, 2.45) is 0 Å². The third-order valence-electron chi connectivity index (χ3n) is 5.73. The van der Waals surface area contributed by atoms with Crippen LogP contribution in [0.4, 0.5) is 0 Å². The van der Waals surface area contributed by atoms with Crippen molar-refractivity contribution in [3.05, 3.63) is 64.3 Å². The number of carbonyl (C=O) groups excluding carboxylic acids is 2. The van der Waals surface area contributed by atoms with E-state index in [9.17, 15) is 9.59 Å². The maximum absolute atomic E-state index is 13.5. The van der Waals surface area contributed by atoms with Crippen LogP contribution >= 0.6 is 35.0 Å². The average Bonchev–Trinajstić information content (AvgIpc) is 3.24. The van der Waals surface area contributed by atoms with Gasteiger partial charge in [0, 0.05) is 10.6 Å². The summed E-state index contributed by atoms with van der Waals surface area (Å²) in [4.78, 5) is 26.2. The van der Waals surface area contributed by atoms with Gasteiger partial charge in [0.25, 0.3) is 5.91 Å². The van der Waals surface area contributed by atoms with Gasteiger partial charge in [-0.2, -0.15) is 16.9 Å². The number of hydrogen-bond donors (Lipinski definition) is 1. The van der Waals surface area contributed by atoms with Crippen LogP contribution in [-0.2, 0) is 9.53 Å². The molecule has 0 aliphatic carbocycles. The lowest BCUT2D eigenvalue weighted by Gasteiger charge is -2.34. The van der Waals surface area contributed by atoms with Gasteiger partial charge in [0.15, 0.2) is 11.4 Å². The lowest BCUT2D eigenvalue weighted by atomic mass is 9.92. The van der Waals surface area contributed by atoms with E-state index in [-0.39, 0.29) is 11.4 Å². The third kappa shape index (κ3) is 4.62. The molecule has 10 heteroatoms. The lowest BCUT2D eigenvalue weighted by Crippen LogP contribution is -2.57. The number of aromatic nitrogens is 2. The number of para-hydroxylation sites is 1. The molecule has 1 aliphatic rings. The first-order chi connectivity index (χ1) is 16.4. The van der Waals surface area contributed by atoms with Crippen LogP contribution in [0.25, 0.3) is 16.9 Å². The van der Waals surface area contributed by atoms with Gasteiger partial charge in [0.05, 0.1) is 24.9 Å². The molecule has 1 N–H and O–H groups in total. The van der Waals surface area contributed by atoms with Crippen LogP contribution in [0.1, 0.15) is 23.3 Å². The predicted octanol–water partition coefficient (Wildman–Crippen LogP) is 5.02. The van der Waals surface area contributed by atoms with E-state index in [2.05, 4.69) is 10.4 Å². The van der Waals surface area contributed by atoms with Crippen molar-refractivity contribution < 1.29 is 19.1 Å². The number of nitrogens with one attached hydrogen (secondary N) is 1. The van der Waals surface area contributed by atoms with Gasteiger partial charge in [-0.25, -0.2) is 9.48 Å². The maximum atomic E-state index is 13.5. The van der Waals surface area contributed by atoms with Crippen LogP contribution in [0.5, 0.6) is 5.75 Å². The molecule has 3 aromatic rings. The zero-order chi connectivity index (χ0) is 24.3. The summed E-state index contributed by atoms with van der Waals surface area (Å²) in [6, 6.07) is 14.3. The van der Waals surface area contributed by atoms with Gasteiger partial charge in [0.2, 0.25) is 0 Å². The summed E-state index contributed by atoms with van der Waals surface area (Å²) in [7, 11) is 2.79. The van der Waals surface area contributed by atoms with E-state index in [1.807, 2.05) is 24.3 Å². The monoisotopic (exact) mass is 519 g/mol. The second-order valence-corrected chi connectivity index (χ2v) is 9.81. The maximum Gasteiger partial charge on any atom is 0.331 e. The number of amides is 1. The van der Waals surface area contributed by atoms with Gasteiger partial charge in [-0.15, -0.1) is 0 Å². The summed E-state index contributed by atoms with van der Waals surface area (Å²) in [5.41, 5.74) is 0.752. The summed E-state index contributed by atoms with van der Waals surface area (Å²) in [5.74, 6) is 0.719. The molecule has 0 saturated carbocycles. The number of rotatable bonds is 6. The van der Waals surface area contributed by atoms with Gasteiger partial charge >= 0.3 is 5.97 Å². The van der Waals surface area contributed by atoms with E-state index in [1.54, 1.807) is 40.7 Å². The first kappa shape index (κ1) is 24.4. The number of esters is 1. The number of nitrogens with zero attached hydrogens (tertiary/aromatic N) is 2. The van der Waals surface area contributed by atoms with Crippen molar-refractivity contribution in [2.75, 3.05) is 25.7 Å². The van der Waals surface area contributed by atoms with Gasteiger partial charge in [-0.3, -0.25) is 4.79 Å². The second kappa shape index (κ2) is 10.3. The van der Waals surface area contributed by atoms with Crippen LogP contribution < -0.4 is 10.1 Å². The molecule has 2 aromatic carbocycles. The highest BCUT2D eigenvalue weighted by Gasteiger charge is 2.43. The van der Waals surface area contributed by atoms with Crippen LogP contribution in [0.3, 0.4) is 0 Å². The number of hydrogen-bond acceptors (Lipinski definition) is 6. The molecule has 4 rings (SSSR count). The standard InChI is InChI=1S/C24H23Cl2N3O4S/c1-32-21-19(22(30)27-24(23(31)33-2)11-13-34-14-12-24)28-29(18-6-4-3-5-17(18)26)20(21)15-7-9-16(25)10-8-15/h3-10H,11-14H2,1-2H3,(H,27,30). The fraction of sp³-hybridized carbons (Fsp3) is 0.292. The number of methoxy groups -OCH3 is 2. The van der Waals surface area contributed by atoms with Crippen LogP contribution in [0.15, 0.2) is 48.5 Å². The summed E-state index contributed by atoms with van der Waals surface area (Å²) < 4.78 is 12.3. The Morgan fingerprint density at radius 1 is 1.06 bits per heavy atom. The molecule has 0 spiro atoms. The molecule has 0 unspecified atom stereocenters. The summed E-state index contributed by atoms with van der Waals surface area (Å²) in [6.45, 7) is 0. The Bertz CT molecular complexity index is 1210. The molecule has 1 aliphatic heterocycles. The minimum atomic E-state index is -1.11. The average molecular weight is 520 g/mol. The molecule has 1 aromatic heterocycles. The molecule has 0 bridgehead atoms. The van der Waals surface area contributed by atoms with Crippen molar-refractivity contribution >= 4 is 46.8 Å². The minimum Gasteiger partial charge on any atom is -0.492 e. The SMILES string of the molecule is COC(=O)C1(NC(=O)c2nn(-c3ccccc3Cl)c(-c3ccc(Cl)cc3)c2OC)CCSCC1. The molecule has 1 fully saturated rings. The summed E-state index contributed by atoms with van der Waals surface area (Å²) >= 11 is 14.3. The molecule has 1 saturated heterocycles. The van der Waals surface area contributed by atoms with Crippen molar-refractivity contribution in [2.45, 2.75) is 18.4 Å². The Balaban J connectivity index is 1.85. The van der Waals surface area contributed by atoms with E-state index < -0.39 is 17.4 Å². The van der Waals surface area contributed by atoms with E-state index in [4.69, 9.17) is 32.7 Å². The van der Waals surface area contributed by atoms with E-state index in [0.717, 1.165) is 17.1 Å². The van der Waals surface area contributed by atoms with Crippen molar-refractivity contribution in [3.8, 4) is 22.7 Å². The van der Waals surface area contributed by atoms with Crippen LogP contribution in [-0.4, -0.2) is 52.9 Å². The summed E-state index contributed by atoms with van der Waals surface area (Å²) in [6.07, 6.45) is 0.932. The Morgan fingerprint density at radius 3 is 2.35 bits per heavy atom. The van der Waals surface area contributed by atoms with Crippen molar-refractivity contribution in [1.82, 2.24) is 15.1 Å². The molecule has 1 amide bonds. The quantitative estimate of drug-likeness (QED) is 0.460. The molecule has 0 radical (unpaired) electrons. The highest BCUT2D eigenvalue weighted by molar-refractivity contribution is 7.99. The van der Waals surface area contributed by atoms with Crippen molar-refractivity contribution in [3.63, 3.8) is 0 Å². The molecule has 2 heterocycles. The Labute approximate surface area is 211 Å². The van der Waals surface area contributed by atoms with Crippen molar-refractivity contribution in [1.29, 1.82) is 0 Å². The highest BCUT2D eigenvalue weighted by Crippen LogP contribution is 2.38. The number of thioether (sulfide) groups is 1. The zero-order valence-electron chi connectivity index (χ0n) is 18.6. The largest absolute Gasteiger partial charge is 0.492 e. The Morgan fingerprint density at radius 2 is 1.74 bits per heavy atom. The van der Waals surface area contributed by atoms with E-state index in [0.29, 0.717) is 34.3 Å². The normalized spacial score (nSPS) is 14.9. The van der Waals surface area contributed by atoms with E-state index >= 15 is 0 Å². The Hall–Kier alpha value is -2.68. The zero-order valence-corrected chi connectivity index (χ0v) is 21.0. The fourth-order valence-electron chi connectivity index (χ4n) is 3.98. The first-order valence-electron chi connectivity index (χ1n) is 10.6. The molecule has 178 valence electrons. The summed E-state index contributed by atoms with van der Waals surface area (Å²) in [5, 5.41) is 8.52. The molecule has 7 nitrogen and oxygen atoms in total. The van der Waals surface area contributed by atoms with Gasteiger partial charge < -0.3 is 14.8 Å². The van der Waals surface area contributed by atoms with Crippen LogP contribution in [0, 0.1) is 0 Å². The lowest BCUT2D eigenvalue weighted by molar-refractivity contribution is -0.148. The number of benzene rings is 2. The Kier molecular flexibility index (Phi) is 7.40. The number of ether oxygens (including phenoxy) is 2. The smallest absolute Gasteiger partial charge is 0.331 e. The van der Waals surface area contributed by atoms with Crippen LogP contribution in [0.2, 0.25) is 10.0 Å². The first-order valence-corrected chi connectivity index (χ1v) is 12.5.